The second kappa shape index (κ2) is 5.19. The van der Waals surface area contributed by atoms with Gasteiger partial charge in [-0.15, -0.1) is 0 Å². The van der Waals surface area contributed by atoms with Crippen LogP contribution in [0.25, 0.3) is 0 Å². The number of carbonyl (C=O) groups excluding carboxylic acids is 2. The summed E-state index contributed by atoms with van der Waals surface area (Å²) >= 11 is 0. The summed E-state index contributed by atoms with van der Waals surface area (Å²) < 4.78 is 0. The molecule has 0 aromatic carbocycles. The van der Waals surface area contributed by atoms with E-state index >= 15 is 0 Å². The van der Waals surface area contributed by atoms with Crippen molar-refractivity contribution < 1.29 is 9.59 Å². The van der Waals surface area contributed by atoms with Crippen LogP contribution < -0.4 is 10.6 Å². The topological polar surface area (TPSA) is 77.2 Å². The van der Waals surface area contributed by atoms with Gasteiger partial charge in [0, 0.05) is 31.2 Å². The Hall–Kier alpha value is -1.98. The molecule has 1 aliphatic rings. The van der Waals surface area contributed by atoms with Crippen LogP contribution >= 0.6 is 0 Å². The highest BCUT2D eigenvalue weighted by atomic mass is 16.2. The molecule has 20 heavy (non-hydrogen) atoms. The summed E-state index contributed by atoms with van der Waals surface area (Å²) in [5, 5.41) is 5.20. The molecule has 2 heterocycles. The highest BCUT2D eigenvalue weighted by Crippen LogP contribution is 2.28. The number of hydrogen-bond acceptors (Lipinski definition) is 2. The van der Waals surface area contributed by atoms with Crippen LogP contribution in [0.15, 0.2) is 6.07 Å². The van der Waals surface area contributed by atoms with Crippen molar-refractivity contribution in [2.24, 2.45) is 0 Å². The van der Waals surface area contributed by atoms with Gasteiger partial charge in [0.1, 0.15) is 5.69 Å². The lowest BCUT2D eigenvalue weighted by molar-refractivity contribution is 0.0647. The summed E-state index contributed by atoms with van der Waals surface area (Å²) in [7, 11) is 1.55. The number of nitrogens with zero attached hydrogens (tertiary/aromatic N) is 1. The van der Waals surface area contributed by atoms with E-state index in [9.17, 15) is 9.59 Å². The van der Waals surface area contributed by atoms with Gasteiger partial charge in [0.05, 0.1) is 5.69 Å². The third-order valence-corrected chi connectivity index (χ3v) is 3.46. The minimum atomic E-state index is -0.331. The molecular weight excluding hydrogens is 256 g/mol. The first-order valence-electron chi connectivity index (χ1n) is 6.84. The fourth-order valence-electron chi connectivity index (χ4n) is 1.99. The van der Waals surface area contributed by atoms with E-state index in [1.807, 2.05) is 6.07 Å². The minimum absolute atomic E-state index is 0.0573. The van der Waals surface area contributed by atoms with Gasteiger partial charge in [-0.05, 0) is 12.5 Å². The highest BCUT2D eigenvalue weighted by molar-refractivity contribution is 6.02. The number of aromatic nitrogens is 1. The van der Waals surface area contributed by atoms with Crippen molar-refractivity contribution >= 4 is 17.6 Å². The normalized spacial score (nSPS) is 14.7. The average molecular weight is 278 g/mol. The molecule has 2 rings (SSSR count). The molecule has 0 bridgehead atoms. The molecule has 3 N–H and O–H groups in total. The Morgan fingerprint density at radius 2 is 1.95 bits per heavy atom. The number of carbonyl (C=O) groups is 2. The third-order valence-electron chi connectivity index (χ3n) is 3.46. The summed E-state index contributed by atoms with van der Waals surface area (Å²) in [6.45, 7) is 7.73. The minimum Gasteiger partial charge on any atom is -0.352 e. The predicted octanol–water partition coefficient (Wildman–Crippen LogP) is 1.91. The van der Waals surface area contributed by atoms with Crippen LogP contribution in [0.4, 0.5) is 10.5 Å². The van der Waals surface area contributed by atoms with Crippen molar-refractivity contribution in [1.82, 2.24) is 15.2 Å². The molecule has 110 valence electrons. The number of rotatable bonds is 2. The van der Waals surface area contributed by atoms with Crippen molar-refractivity contribution in [3.8, 4) is 0 Å². The van der Waals surface area contributed by atoms with Crippen LogP contribution in [0.2, 0.25) is 0 Å². The molecule has 0 atom stereocenters. The molecule has 1 aromatic heterocycles. The molecule has 0 aliphatic carbocycles. The van der Waals surface area contributed by atoms with E-state index in [-0.39, 0.29) is 17.4 Å². The lowest BCUT2D eigenvalue weighted by atomic mass is 9.92. The van der Waals surface area contributed by atoms with E-state index in [1.54, 1.807) is 11.9 Å². The largest absolute Gasteiger partial charge is 0.352 e. The summed E-state index contributed by atoms with van der Waals surface area (Å²) in [6, 6.07) is 1.50. The molecule has 3 amide bonds. The Morgan fingerprint density at radius 3 is 2.40 bits per heavy atom. The molecule has 6 heteroatoms. The van der Waals surface area contributed by atoms with Crippen LogP contribution in [-0.2, 0) is 5.41 Å². The molecule has 0 saturated carbocycles. The smallest absolute Gasteiger partial charge is 0.319 e. The maximum absolute atomic E-state index is 12.4. The summed E-state index contributed by atoms with van der Waals surface area (Å²) in [5.41, 5.74) is 1.80. The summed E-state index contributed by atoms with van der Waals surface area (Å²) in [4.78, 5) is 28.8. The maximum Gasteiger partial charge on any atom is 0.319 e. The first kappa shape index (κ1) is 14.4. The molecule has 0 radical (unpaired) electrons. The lowest BCUT2D eigenvalue weighted by Gasteiger charge is -2.30. The number of aromatic amines is 1. The fraction of sp³-hybridized carbons (Fsp3) is 0.571. The Bertz CT molecular complexity index is 524. The highest BCUT2D eigenvalue weighted by Gasteiger charge is 2.28. The molecule has 1 aromatic rings. The molecule has 1 fully saturated rings. The van der Waals surface area contributed by atoms with Crippen molar-refractivity contribution in [2.45, 2.75) is 32.6 Å². The van der Waals surface area contributed by atoms with E-state index in [1.165, 1.54) is 0 Å². The summed E-state index contributed by atoms with van der Waals surface area (Å²) in [5.74, 6) is -0.0573. The zero-order valence-electron chi connectivity index (χ0n) is 12.5. The van der Waals surface area contributed by atoms with Crippen LogP contribution in [0.1, 0.15) is 43.4 Å². The first-order chi connectivity index (χ1) is 9.32. The standard InChI is InChI=1S/C14H22N4O2/c1-14(2,3)10-8-9(16-13(20)15-4)11(17-10)12(19)18-6-5-7-18/h8,17H,5-7H2,1-4H3,(H2,15,16,20). The first-order valence-corrected chi connectivity index (χ1v) is 6.84. The van der Waals surface area contributed by atoms with Crippen molar-refractivity contribution in [1.29, 1.82) is 0 Å². The van der Waals surface area contributed by atoms with Crippen molar-refractivity contribution in [3.63, 3.8) is 0 Å². The molecule has 6 nitrogen and oxygen atoms in total. The zero-order chi connectivity index (χ0) is 14.9. The van der Waals surface area contributed by atoms with Gasteiger partial charge in [-0.2, -0.15) is 0 Å². The van der Waals surface area contributed by atoms with Gasteiger partial charge in [-0.25, -0.2) is 4.79 Å². The average Bonchev–Trinajstić information content (AvgIpc) is 2.70. The Morgan fingerprint density at radius 1 is 1.30 bits per heavy atom. The SMILES string of the molecule is CNC(=O)Nc1cc(C(C)(C)C)[nH]c1C(=O)N1CCC1. The van der Waals surface area contributed by atoms with Gasteiger partial charge >= 0.3 is 6.03 Å². The third kappa shape index (κ3) is 2.79. The van der Waals surface area contributed by atoms with Gasteiger partial charge in [-0.3, -0.25) is 4.79 Å². The molecule has 1 aliphatic heterocycles. The van der Waals surface area contributed by atoms with E-state index in [4.69, 9.17) is 0 Å². The van der Waals surface area contributed by atoms with Gasteiger partial charge < -0.3 is 20.5 Å². The van der Waals surface area contributed by atoms with E-state index in [0.717, 1.165) is 25.2 Å². The fourth-order valence-corrected chi connectivity index (χ4v) is 1.99. The second-order valence-electron chi connectivity index (χ2n) is 6.07. The number of H-pyrrole nitrogens is 1. The zero-order valence-corrected chi connectivity index (χ0v) is 12.5. The van der Waals surface area contributed by atoms with E-state index in [2.05, 4.69) is 36.4 Å². The van der Waals surface area contributed by atoms with Crippen LogP contribution in [0.5, 0.6) is 0 Å². The van der Waals surface area contributed by atoms with Gasteiger partial charge in [0.15, 0.2) is 0 Å². The molecule has 0 unspecified atom stereocenters. The number of urea groups is 1. The van der Waals surface area contributed by atoms with E-state index in [0.29, 0.717) is 11.4 Å². The van der Waals surface area contributed by atoms with Crippen molar-refractivity contribution in [2.75, 3.05) is 25.5 Å². The molecular formula is C14H22N4O2. The van der Waals surface area contributed by atoms with E-state index < -0.39 is 0 Å². The van der Waals surface area contributed by atoms with Gasteiger partial charge in [0.25, 0.3) is 5.91 Å². The Labute approximate surface area is 118 Å². The molecule has 0 spiro atoms. The van der Waals surface area contributed by atoms with Gasteiger partial charge in [-0.1, -0.05) is 20.8 Å². The summed E-state index contributed by atoms with van der Waals surface area (Å²) in [6.07, 6.45) is 1.04. The van der Waals surface area contributed by atoms with Crippen LogP contribution in [0.3, 0.4) is 0 Å². The Kier molecular flexibility index (Phi) is 3.74. The second-order valence-corrected chi connectivity index (χ2v) is 6.07. The van der Waals surface area contributed by atoms with Gasteiger partial charge in [0.2, 0.25) is 0 Å². The van der Waals surface area contributed by atoms with Crippen LogP contribution in [-0.4, -0.2) is 42.0 Å². The number of likely N-dealkylation sites (tertiary alicyclic amines) is 1. The number of amides is 3. The monoisotopic (exact) mass is 278 g/mol. The number of hydrogen-bond donors (Lipinski definition) is 3. The van der Waals surface area contributed by atoms with Crippen molar-refractivity contribution in [3.05, 3.63) is 17.5 Å². The molecule has 1 saturated heterocycles. The lowest BCUT2D eigenvalue weighted by Crippen LogP contribution is -2.42. The number of nitrogens with one attached hydrogen (secondary N) is 3. The predicted molar refractivity (Wildman–Crippen MR) is 78.1 cm³/mol. The van der Waals surface area contributed by atoms with Crippen LogP contribution in [0, 0.1) is 0 Å². The number of anilines is 1. The maximum atomic E-state index is 12.4. The quantitative estimate of drug-likeness (QED) is 0.772. The Balaban J connectivity index is 2.33.